The first-order valence-electron chi connectivity index (χ1n) is 10.2. The van der Waals surface area contributed by atoms with Gasteiger partial charge in [-0.3, -0.25) is 4.79 Å². The first-order valence-corrected chi connectivity index (χ1v) is 11.1. The molecule has 2 aromatic heterocycles. The second-order valence-corrected chi connectivity index (χ2v) is 7.94. The average Bonchev–Trinajstić information content (AvgIpc) is 3.36. The van der Waals surface area contributed by atoms with E-state index in [1.165, 1.54) is 23.5 Å². The van der Waals surface area contributed by atoms with Crippen molar-refractivity contribution in [1.29, 1.82) is 0 Å². The van der Waals surface area contributed by atoms with Crippen LogP contribution < -0.4 is 10.1 Å². The Bertz CT molecular complexity index is 1170. The van der Waals surface area contributed by atoms with Gasteiger partial charge in [0.2, 0.25) is 4.96 Å². The predicted molar refractivity (Wildman–Crippen MR) is 119 cm³/mol. The van der Waals surface area contributed by atoms with Crippen molar-refractivity contribution in [1.82, 2.24) is 19.9 Å². The maximum atomic E-state index is 13.5. The Hall–Kier alpha value is -3.26. The first kappa shape index (κ1) is 21.0. The number of hydrogen-bond acceptors (Lipinski definition) is 5. The van der Waals surface area contributed by atoms with E-state index in [9.17, 15) is 9.18 Å². The molecule has 4 aromatic rings. The van der Waals surface area contributed by atoms with Gasteiger partial charge >= 0.3 is 0 Å². The van der Waals surface area contributed by atoms with Crippen molar-refractivity contribution in [2.45, 2.75) is 26.2 Å². The highest BCUT2D eigenvalue weighted by atomic mass is 32.1. The Morgan fingerprint density at radius 2 is 2.06 bits per heavy atom. The molecule has 31 heavy (non-hydrogen) atoms. The average molecular weight is 439 g/mol. The minimum absolute atomic E-state index is 0.134. The molecule has 1 N–H and O–H groups in total. The molecule has 2 heterocycles. The zero-order chi connectivity index (χ0) is 21.6. The fourth-order valence-electron chi connectivity index (χ4n) is 3.09. The summed E-state index contributed by atoms with van der Waals surface area (Å²) in [7, 11) is 0. The fourth-order valence-corrected chi connectivity index (χ4v) is 3.95. The molecular weight excluding hydrogens is 415 g/mol. The minimum Gasteiger partial charge on any atom is -0.494 e. The normalized spacial score (nSPS) is 11.0. The highest BCUT2D eigenvalue weighted by Crippen LogP contribution is 2.21. The summed E-state index contributed by atoms with van der Waals surface area (Å²) in [6.07, 6.45) is 2.70. The summed E-state index contributed by atoms with van der Waals surface area (Å²) in [6.45, 7) is 3.26. The third-order valence-electron chi connectivity index (χ3n) is 4.78. The van der Waals surface area contributed by atoms with Crippen LogP contribution in [0.3, 0.4) is 0 Å². The van der Waals surface area contributed by atoms with E-state index in [1.807, 2.05) is 17.5 Å². The second kappa shape index (κ2) is 9.70. The molecule has 1 amide bonds. The highest BCUT2D eigenvalue weighted by molar-refractivity contribution is 7.15. The summed E-state index contributed by atoms with van der Waals surface area (Å²) < 4.78 is 20.9. The number of carbonyl (C=O) groups excluding carboxylic acids is 1. The van der Waals surface area contributed by atoms with Crippen LogP contribution in [0.2, 0.25) is 0 Å². The SMILES string of the molecule is CCCCOc1ccc(C(=O)NCCc2csc3nc(-c4cccc(F)c4)nn23)cc1. The molecule has 0 saturated carbocycles. The Kier molecular flexibility index (Phi) is 6.57. The van der Waals surface area contributed by atoms with E-state index in [0.717, 1.165) is 29.2 Å². The number of carbonyl (C=O) groups is 1. The Labute approximate surface area is 183 Å². The van der Waals surface area contributed by atoms with Gasteiger partial charge in [-0.1, -0.05) is 25.5 Å². The molecular formula is C23H23FN4O2S. The molecule has 160 valence electrons. The molecule has 2 aromatic carbocycles. The van der Waals surface area contributed by atoms with Crippen LogP contribution in [0.4, 0.5) is 4.39 Å². The van der Waals surface area contributed by atoms with Crippen LogP contribution in [0.25, 0.3) is 16.3 Å². The Morgan fingerprint density at radius 1 is 1.23 bits per heavy atom. The molecule has 6 nitrogen and oxygen atoms in total. The second-order valence-electron chi connectivity index (χ2n) is 7.10. The maximum Gasteiger partial charge on any atom is 0.251 e. The molecule has 0 radical (unpaired) electrons. The van der Waals surface area contributed by atoms with Crippen molar-refractivity contribution in [3.05, 3.63) is 71.0 Å². The number of hydrogen-bond donors (Lipinski definition) is 1. The zero-order valence-corrected chi connectivity index (χ0v) is 18.0. The first-order chi connectivity index (χ1) is 15.1. The van der Waals surface area contributed by atoms with Gasteiger partial charge in [-0.05, 0) is 42.8 Å². The number of amides is 1. The fraction of sp³-hybridized carbons (Fsp3) is 0.261. The van der Waals surface area contributed by atoms with Gasteiger partial charge in [0.1, 0.15) is 11.6 Å². The van der Waals surface area contributed by atoms with Crippen LogP contribution in [0.15, 0.2) is 53.9 Å². The van der Waals surface area contributed by atoms with Gasteiger partial charge in [-0.25, -0.2) is 8.91 Å². The van der Waals surface area contributed by atoms with E-state index in [4.69, 9.17) is 4.74 Å². The smallest absolute Gasteiger partial charge is 0.251 e. The number of rotatable bonds is 9. The van der Waals surface area contributed by atoms with Crippen molar-refractivity contribution in [3.63, 3.8) is 0 Å². The van der Waals surface area contributed by atoms with E-state index in [-0.39, 0.29) is 11.7 Å². The largest absolute Gasteiger partial charge is 0.494 e. The number of unbranched alkanes of at least 4 members (excludes halogenated alkanes) is 1. The van der Waals surface area contributed by atoms with E-state index < -0.39 is 0 Å². The Morgan fingerprint density at radius 3 is 2.84 bits per heavy atom. The lowest BCUT2D eigenvalue weighted by molar-refractivity contribution is 0.0954. The molecule has 0 aliphatic heterocycles. The highest BCUT2D eigenvalue weighted by Gasteiger charge is 2.12. The molecule has 0 fully saturated rings. The van der Waals surface area contributed by atoms with Gasteiger partial charge in [0.05, 0.1) is 12.3 Å². The van der Waals surface area contributed by atoms with E-state index in [2.05, 4.69) is 22.3 Å². The molecule has 0 atom stereocenters. The standard InChI is InChI=1S/C23H23FN4O2S/c1-2-3-13-30-20-9-7-16(8-10-20)22(29)25-12-11-19-15-31-23-26-21(27-28(19)23)17-5-4-6-18(24)14-17/h4-10,14-15H,2-3,11-13H2,1H3,(H,25,29). The van der Waals surface area contributed by atoms with Crippen LogP contribution in [-0.2, 0) is 6.42 Å². The molecule has 0 aliphatic rings. The van der Waals surface area contributed by atoms with E-state index in [1.54, 1.807) is 28.8 Å². The lowest BCUT2D eigenvalue weighted by Crippen LogP contribution is -2.26. The van der Waals surface area contributed by atoms with Gasteiger partial charge in [0.25, 0.3) is 5.91 Å². The van der Waals surface area contributed by atoms with Crippen molar-refractivity contribution < 1.29 is 13.9 Å². The van der Waals surface area contributed by atoms with Crippen LogP contribution in [0.1, 0.15) is 35.8 Å². The maximum absolute atomic E-state index is 13.5. The topological polar surface area (TPSA) is 68.5 Å². The number of halogens is 1. The van der Waals surface area contributed by atoms with Gasteiger partial charge in [0.15, 0.2) is 5.82 Å². The van der Waals surface area contributed by atoms with Crippen LogP contribution in [0, 0.1) is 5.82 Å². The number of benzene rings is 2. The molecule has 0 saturated heterocycles. The summed E-state index contributed by atoms with van der Waals surface area (Å²) in [5.74, 6) is 0.800. The van der Waals surface area contributed by atoms with Crippen molar-refractivity contribution in [2.24, 2.45) is 0 Å². The number of nitrogens with zero attached hydrogens (tertiary/aromatic N) is 3. The molecule has 0 aliphatic carbocycles. The predicted octanol–water partition coefficient (Wildman–Crippen LogP) is 4.75. The summed E-state index contributed by atoms with van der Waals surface area (Å²) in [5, 5.41) is 9.41. The van der Waals surface area contributed by atoms with E-state index in [0.29, 0.717) is 36.5 Å². The number of fused-ring (bicyclic) bond motifs is 1. The van der Waals surface area contributed by atoms with Gasteiger partial charge in [0, 0.05) is 29.5 Å². The molecule has 0 bridgehead atoms. The third-order valence-corrected chi connectivity index (χ3v) is 5.65. The summed E-state index contributed by atoms with van der Waals surface area (Å²) in [5.41, 5.74) is 2.17. The summed E-state index contributed by atoms with van der Waals surface area (Å²) in [6, 6.07) is 13.4. The zero-order valence-electron chi connectivity index (χ0n) is 17.2. The van der Waals surface area contributed by atoms with Gasteiger partial charge < -0.3 is 10.1 Å². The number of nitrogens with one attached hydrogen (secondary N) is 1. The van der Waals surface area contributed by atoms with Crippen LogP contribution in [-0.4, -0.2) is 33.7 Å². The van der Waals surface area contributed by atoms with E-state index >= 15 is 0 Å². The quantitative estimate of drug-likeness (QED) is 0.383. The summed E-state index contributed by atoms with van der Waals surface area (Å²) in [4.78, 5) is 17.6. The number of aromatic nitrogens is 3. The third kappa shape index (κ3) is 5.08. The molecule has 4 rings (SSSR count). The summed E-state index contributed by atoms with van der Waals surface area (Å²) >= 11 is 1.47. The lowest BCUT2D eigenvalue weighted by atomic mass is 10.2. The number of thiazole rings is 1. The van der Waals surface area contributed by atoms with Crippen molar-refractivity contribution >= 4 is 22.2 Å². The minimum atomic E-state index is -0.320. The number of ether oxygens (including phenoxy) is 1. The van der Waals surface area contributed by atoms with Crippen LogP contribution >= 0.6 is 11.3 Å². The van der Waals surface area contributed by atoms with Crippen molar-refractivity contribution in [3.8, 4) is 17.1 Å². The van der Waals surface area contributed by atoms with Crippen LogP contribution in [0.5, 0.6) is 5.75 Å². The monoisotopic (exact) mass is 438 g/mol. The molecule has 8 heteroatoms. The Balaban J connectivity index is 1.34. The molecule has 0 spiro atoms. The van der Waals surface area contributed by atoms with Gasteiger partial charge in [-0.2, -0.15) is 4.98 Å². The molecule has 0 unspecified atom stereocenters. The van der Waals surface area contributed by atoms with Gasteiger partial charge in [-0.15, -0.1) is 16.4 Å². The van der Waals surface area contributed by atoms with Crippen molar-refractivity contribution in [2.75, 3.05) is 13.2 Å². The lowest BCUT2D eigenvalue weighted by Gasteiger charge is -2.07.